The molecule has 6 nitrogen and oxygen atoms in total. The van der Waals surface area contributed by atoms with E-state index < -0.39 is 10.0 Å². The molecule has 0 aliphatic carbocycles. The van der Waals surface area contributed by atoms with Crippen molar-refractivity contribution in [1.82, 2.24) is 9.21 Å². The molecule has 2 saturated heterocycles. The lowest BCUT2D eigenvalue weighted by molar-refractivity contribution is -0.117. The molecule has 2 fully saturated rings. The summed E-state index contributed by atoms with van der Waals surface area (Å²) in [5.41, 5.74) is 1.47. The summed E-state index contributed by atoms with van der Waals surface area (Å²) >= 11 is 0. The van der Waals surface area contributed by atoms with Gasteiger partial charge in [0.2, 0.25) is 15.9 Å². The normalized spacial score (nSPS) is 20.5. The van der Waals surface area contributed by atoms with E-state index in [2.05, 4.69) is 10.2 Å². The lowest BCUT2D eigenvalue weighted by atomic mass is 10.0. The highest BCUT2D eigenvalue weighted by Gasteiger charge is 2.29. The second-order valence-electron chi connectivity index (χ2n) is 7.87. The summed E-state index contributed by atoms with van der Waals surface area (Å²) in [6.07, 6.45) is 3.64. The van der Waals surface area contributed by atoms with Gasteiger partial charge in [-0.2, -0.15) is 4.31 Å². The van der Waals surface area contributed by atoms with Gasteiger partial charge in [-0.25, -0.2) is 12.8 Å². The molecule has 1 atom stereocenters. The van der Waals surface area contributed by atoms with Crippen molar-refractivity contribution in [2.75, 3.05) is 31.5 Å². The largest absolute Gasteiger partial charge is 0.325 e. The number of anilines is 1. The number of halogens is 1. The number of amides is 1. The van der Waals surface area contributed by atoms with Gasteiger partial charge in [-0.1, -0.05) is 18.2 Å². The van der Waals surface area contributed by atoms with Crippen LogP contribution in [0.15, 0.2) is 53.4 Å². The number of rotatable bonds is 6. The van der Waals surface area contributed by atoms with Gasteiger partial charge in [-0.3, -0.25) is 9.69 Å². The van der Waals surface area contributed by atoms with Crippen LogP contribution >= 0.6 is 0 Å². The minimum absolute atomic E-state index is 0.0817. The Morgan fingerprint density at radius 1 is 1.03 bits per heavy atom. The molecule has 2 heterocycles. The Kier molecular flexibility index (Phi) is 6.17. The summed E-state index contributed by atoms with van der Waals surface area (Å²) in [5, 5.41) is 2.83. The Hall–Kier alpha value is -2.29. The zero-order valence-corrected chi connectivity index (χ0v) is 17.6. The minimum atomic E-state index is -3.53. The van der Waals surface area contributed by atoms with E-state index in [0.717, 1.165) is 37.8 Å². The summed E-state index contributed by atoms with van der Waals surface area (Å²) in [6, 6.07) is 12.9. The van der Waals surface area contributed by atoms with Crippen molar-refractivity contribution in [3.05, 3.63) is 59.9 Å². The third kappa shape index (κ3) is 4.55. The third-order valence-electron chi connectivity index (χ3n) is 5.79. The fourth-order valence-electron chi connectivity index (χ4n) is 4.27. The molecule has 1 unspecified atom stereocenters. The van der Waals surface area contributed by atoms with Crippen LogP contribution in [-0.2, 0) is 14.8 Å². The standard InChI is InChI=1S/C22H26FN3O3S/c23-18-10-8-17(9-11-18)21-7-4-12-25(21)16-22(27)24-19-5-3-6-20(15-19)30(28,29)26-13-1-2-14-26/h3,5-6,8-11,15,21H,1-2,4,7,12-14,16H2,(H,24,27). The molecule has 2 aromatic carbocycles. The molecule has 0 radical (unpaired) electrons. The van der Waals surface area contributed by atoms with Gasteiger partial charge in [-0.05, 0) is 68.1 Å². The Morgan fingerprint density at radius 3 is 2.50 bits per heavy atom. The Bertz CT molecular complexity index is 1000. The molecule has 2 aliphatic rings. The molecule has 2 aliphatic heterocycles. The Labute approximate surface area is 176 Å². The average molecular weight is 432 g/mol. The molecule has 0 spiro atoms. The summed E-state index contributed by atoms with van der Waals surface area (Å²) in [4.78, 5) is 14.9. The van der Waals surface area contributed by atoms with Crippen molar-refractivity contribution in [2.45, 2.75) is 36.6 Å². The van der Waals surface area contributed by atoms with Crippen molar-refractivity contribution in [3.8, 4) is 0 Å². The number of hydrogen-bond donors (Lipinski definition) is 1. The van der Waals surface area contributed by atoms with Gasteiger partial charge in [0, 0.05) is 24.8 Å². The molecular weight excluding hydrogens is 405 g/mol. The van der Waals surface area contributed by atoms with Crippen LogP contribution in [0.3, 0.4) is 0 Å². The monoisotopic (exact) mass is 431 g/mol. The van der Waals surface area contributed by atoms with Crippen molar-refractivity contribution < 1.29 is 17.6 Å². The van der Waals surface area contributed by atoms with Crippen molar-refractivity contribution >= 4 is 21.6 Å². The van der Waals surface area contributed by atoms with Crippen LogP contribution in [0, 0.1) is 5.82 Å². The molecule has 0 bridgehead atoms. The molecular formula is C22H26FN3O3S. The summed E-state index contributed by atoms with van der Waals surface area (Å²) < 4.78 is 40.2. The van der Waals surface area contributed by atoms with Gasteiger partial charge < -0.3 is 5.32 Å². The van der Waals surface area contributed by atoms with Crippen LogP contribution in [0.5, 0.6) is 0 Å². The smallest absolute Gasteiger partial charge is 0.243 e. The number of nitrogens with zero attached hydrogens (tertiary/aromatic N) is 2. The first-order chi connectivity index (χ1) is 14.4. The quantitative estimate of drug-likeness (QED) is 0.761. The maximum Gasteiger partial charge on any atom is 0.243 e. The molecule has 160 valence electrons. The molecule has 1 N–H and O–H groups in total. The van der Waals surface area contributed by atoms with E-state index in [-0.39, 0.29) is 29.2 Å². The topological polar surface area (TPSA) is 69.7 Å². The first kappa shape index (κ1) is 21.0. The molecule has 2 aromatic rings. The van der Waals surface area contributed by atoms with Crippen molar-refractivity contribution in [2.24, 2.45) is 0 Å². The van der Waals surface area contributed by atoms with Gasteiger partial charge in [0.15, 0.2) is 0 Å². The molecule has 30 heavy (non-hydrogen) atoms. The van der Waals surface area contributed by atoms with E-state index in [4.69, 9.17) is 0 Å². The number of carbonyl (C=O) groups excluding carboxylic acids is 1. The number of likely N-dealkylation sites (tertiary alicyclic amines) is 1. The van der Waals surface area contributed by atoms with E-state index in [1.807, 2.05) is 0 Å². The SMILES string of the molecule is O=C(CN1CCCC1c1ccc(F)cc1)Nc1cccc(S(=O)(=O)N2CCCC2)c1. The molecule has 4 rings (SSSR count). The predicted octanol–water partition coefficient (Wildman–Crippen LogP) is 3.39. The Morgan fingerprint density at radius 2 is 1.77 bits per heavy atom. The number of nitrogens with one attached hydrogen (secondary N) is 1. The first-order valence-electron chi connectivity index (χ1n) is 10.3. The summed E-state index contributed by atoms with van der Waals surface area (Å²) in [5.74, 6) is -0.468. The zero-order valence-electron chi connectivity index (χ0n) is 16.8. The lowest BCUT2D eigenvalue weighted by Gasteiger charge is -2.24. The van der Waals surface area contributed by atoms with Crippen LogP contribution in [0.1, 0.15) is 37.3 Å². The average Bonchev–Trinajstić information content (AvgIpc) is 3.41. The van der Waals surface area contributed by atoms with E-state index in [1.54, 1.807) is 30.3 Å². The van der Waals surface area contributed by atoms with Crippen molar-refractivity contribution in [1.29, 1.82) is 0 Å². The van der Waals surface area contributed by atoms with Gasteiger partial charge >= 0.3 is 0 Å². The number of hydrogen-bond acceptors (Lipinski definition) is 4. The molecule has 8 heteroatoms. The molecule has 0 aromatic heterocycles. The second kappa shape index (κ2) is 8.83. The van der Waals surface area contributed by atoms with Crippen LogP contribution in [0.4, 0.5) is 10.1 Å². The highest BCUT2D eigenvalue weighted by Crippen LogP contribution is 2.31. The maximum atomic E-state index is 13.2. The van der Waals surface area contributed by atoms with Crippen LogP contribution in [0.25, 0.3) is 0 Å². The lowest BCUT2D eigenvalue weighted by Crippen LogP contribution is -2.33. The summed E-state index contributed by atoms with van der Waals surface area (Å²) in [7, 11) is -3.53. The molecule has 1 amide bonds. The van der Waals surface area contributed by atoms with E-state index >= 15 is 0 Å². The maximum absolute atomic E-state index is 13.2. The fourth-order valence-corrected chi connectivity index (χ4v) is 5.84. The van der Waals surface area contributed by atoms with Gasteiger partial charge in [0.25, 0.3) is 0 Å². The summed E-state index contributed by atoms with van der Waals surface area (Å²) in [6.45, 7) is 2.07. The predicted molar refractivity (Wildman–Crippen MR) is 113 cm³/mol. The minimum Gasteiger partial charge on any atom is -0.325 e. The highest BCUT2D eigenvalue weighted by atomic mass is 32.2. The highest BCUT2D eigenvalue weighted by molar-refractivity contribution is 7.89. The van der Waals surface area contributed by atoms with Crippen LogP contribution < -0.4 is 5.32 Å². The number of sulfonamides is 1. The van der Waals surface area contributed by atoms with E-state index in [0.29, 0.717) is 18.8 Å². The van der Waals surface area contributed by atoms with E-state index in [9.17, 15) is 17.6 Å². The second-order valence-corrected chi connectivity index (χ2v) is 9.81. The number of benzene rings is 2. The molecule has 0 saturated carbocycles. The van der Waals surface area contributed by atoms with Crippen molar-refractivity contribution in [3.63, 3.8) is 0 Å². The first-order valence-corrected chi connectivity index (χ1v) is 11.8. The zero-order chi connectivity index (χ0) is 21.1. The van der Waals surface area contributed by atoms with Crippen LogP contribution in [0.2, 0.25) is 0 Å². The van der Waals surface area contributed by atoms with Gasteiger partial charge in [0.1, 0.15) is 5.82 Å². The van der Waals surface area contributed by atoms with Gasteiger partial charge in [-0.15, -0.1) is 0 Å². The number of carbonyl (C=O) groups is 1. The fraction of sp³-hybridized carbons (Fsp3) is 0.409. The van der Waals surface area contributed by atoms with Crippen LogP contribution in [-0.4, -0.2) is 49.7 Å². The third-order valence-corrected chi connectivity index (χ3v) is 7.68. The Balaban J connectivity index is 1.42. The van der Waals surface area contributed by atoms with Gasteiger partial charge in [0.05, 0.1) is 11.4 Å². The van der Waals surface area contributed by atoms with E-state index in [1.165, 1.54) is 22.5 Å².